The van der Waals surface area contributed by atoms with Crippen LogP contribution in [0.4, 0.5) is 0 Å². The zero-order chi connectivity index (χ0) is 18.3. The van der Waals surface area contributed by atoms with Crippen molar-refractivity contribution in [3.8, 4) is 0 Å². The molecule has 134 valence electrons. The van der Waals surface area contributed by atoms with Crippen LogP contribution in [0.3, 0.4) is 0 Å². The summed E-state index contributed by atoms with van der Waals surface area (Å²) in [5.41, 5.74) is 0. The van der Waals surface area contributed by atoms with Crippen LogP contribution in [-0.4, -0.2) is 66.3 Å². The number of aliphatic carboxylic acids is 1. The molecule has 0 bridgehead atoms. The lowest BCUT2D eigenvalue weighted by molar-refractivity contribution is -0.138. The topological polar surface area (TPSA) is 108 Å². The average Bonchev–Trinajstić information content (AvgIpc) is 2.51. The molecule has 0 spiro atoms. The monoisotopic (exact) mass is 357 g/mol. The second-order valence-electron chi connectivity index (χ2n) is 5.83. The minimum Gasteiger partial charge on any atom is -0.481 e. The van der Waals surface area contributed by atoms with Gasteiger partial charge >= 0.3 is 5.97 Å². The molecule has 1 aromatic heterocycles. The smallest absolute Gasteiger partial charge is 0.305 e. The Kier molecular flexibility index (Phi) is 7.30. The lowest BCUT2D eigenvalue weighted by Crippen LogP contribution is -2.43. The third-order valence-corrected chi connectivity index (χ3v) is 5.02. The van der Waals surface area contributed by atoms with E-state index in [0.717, 1.165) is 4.31 Å². The number of likely N-dealkylation sites (N-methyl/N-ethyl adjacent to an activating group) is 1. The van der Waals surface area contributed by atoms with E-state index in [-0.39, 0.29) is 30.3 Å². The summed E-state index contributed by atoms with van der Waals surface area (Å²) in [5.74, 6) is -1.30. The van der Waals surface area contributed by atoms with Crippen molar-refractivity contribution in [2.45, 2.75) is 25.2 Å². The molecule has 0 aliphatic carbocycles. The fourth-order valence-corrected chi connectivity index (χ4v) is 3.13. The molecular formula is C15H23N3O5S. The van der Waals surface area contributed by atoms with Gasteiger partial charge in [0.1, 0.15) is 4.90 Å². The number of hydrogen-bond donors (Lipinski definition) is 1. The Morgan fingerprint density at radius 3 is 2.50 bits per heavy atom. The van der Waals surface area contributed by atoms with Gasteiger partial charge in [0.05, 0.1) is 13.0 Å². The van der Waals surface area contributed by atoms with Crippen LogP contribution >= 0.6 is 0 Å². The van der Waals surface area contributed by atoms with Gasteiger partial charge in [-0.1, -0.05) is 13.8 Å². The Bertz CT molecular complexity index is 661. The van der Waals surface area contributed by atoms with E-state index in [1.165, 1.54) is 36.5 Å². The van der Waals surface area contributed by atoms with E-state index in [9.17, 15) is 18.0 Å². The molecule has 1 heterocycles. The number of carboxylic acids is 1. The minimum absolute atomic E-state index is 0.00115. The maximum absolute atomic E-state index is 12.4. The number of amides is 1. The first-order chi connectivity index (χ1) is 11.1. The van der Waals surface area contributed by atoms with Crippen LogP contribution in [0, 0.1) is 5.92 Å². The van der Waals surface area contributed by atoms with Crippen molar-refractivity contribution in [3.05, 3.63) is 24.5 Å². The quantitative estimate of drug-likeness (QED) is 0.696. The summed E-state index contributed by atoms with van der Waals surface area (Å²) in [5, 5.41) is 8.79. The van der Waals surface area contributed by atoms with Crippen molar-refractivity contribution < 1.29 is 23.1 Å². The third-order valence-electron chi connectivity index (χ3n) is 3.23. The van der Waals surface area contributed by atoms with Crippen LogP contribution < -0.4 is 0 Å². The Morgan fingerprint density at radius 2 is 2.00 bits per heavy atom. The predicted octanol–water partition coefficient (Wildman–Crippen LogP) is 0.661. The van der Waals surface area contributed by atoms with E-state index >= 15 is 0 Å². The standard InChI is InChI=1S/C15H23N3O5S/c1-12(2)10-18(8-6-15(20)21)14(19)11-17(3)24(22,23)13-5-4-7-16-9-13/h4-5,7,9,12H,6,8,10-11H2,1-3H3,(H,20,21). The number of rotatable bonds is 9. The van der Waals surface area contributed by atoms with Crippen LogP contribution in [0.2, 0.25) is 0 Å². The van der Waals surface area contributed by atoms with Crippen molar-refractivity contribution in [1.82, 2.24) is 14.2 Å². The second kappa shape index (κ2) is 8.74. The molecule has 0 atom stereocenters. The largest absolute Gasteiger partial charge is 0.481 e. The first-order valence-corrected chi connectivity index (χ1v) is 8.94. The lowest BCUT2D eigenvalue weighted by atomic mass is 10.2. The molecule has 0 aliphatic heterocycles. The van der Waals surface area contributed by atoms with Crippen LogP contribution in [0.5, 0.6) is 0 Å². The van der Waals surface area contributed by atoms with Crippen LogP contribution in [0.25, 0.3) is 0 Å². The number of hydrogen-bond acceptors (Lipinski definition) is 5. The van der Waals surface area contributed by atoms with Gasteiger partial charge in [-0.3, -0.25) is 14.6 Å². The number of carbonyl (C=O) groups excluding carboxylic acids is 1. The van der Waals surface area contributed by atoms with Gasteiger partial charge in [0.25, 0.3) is 0 Å². The molecule has 0 unspecified atom stereocenters. The molecule has 0 radical (unpaired) electrons. The molecule has 8 nitrogen and oxygen atoms in total. The Morgan fingerprint density at radius 1 is 1.33 bits per heavy atom. The SMILES string of the molecule is CC(C)CN(CCC(=O)O)C(=O)CN(C)S(=O)(=O)c1cccnc1. The van der Waals surface area contributed by atoms with Gasteiger partial charge in [-0.25, -0.2) is 8.42 Å². The number of sulfonamides is 1. The van der Waals surface area contributed by atoms with Crippen LogP contribution in [0.1, 0.15) is 20.3 Å². The number of carbonyl (C=O) groups is 2. The average molecular weight is 357 g/mol. The summed E-state index contributed by atoms with van der Waals surface area (Å²) >= 11 is 0. The summed E-state index contributed by atoms with van der Waals surface area (Å²) < 4.78 is 25.7. The minimum atomic E-state index is -3.82. The Balaban J connectivity index is 2.83. The van der Waals surface area contributed by atoms with Crippen LogP contribution in [-0.2, 0) is 19.6 Å². The summed E-state index contributed by atoms with van der Waals surface area (Å²) in [6, 6.07) is 2.90. The first-order valence-electron chi connectivity index (χ1n) is 7.50. The highest BCUT2D eigenvalue weighted by molar-refractivity contribution is 7.89. The van der Waals surface area contributed by atoms with E-state index in [2.05, 4.69) is 4.98 Å². The van der Waals surface area contributed by atoms with Gasteiger partial charge in [-0.05, 0) is 18.1 Å². The fraction of sp³-hybridized carbons (Fsp3) is 0.533. The zero-order valence-corrected chi connectivity index (χ0v) is 14.9. The molecule has 0 aliphatic rings. The molecule has 1 N–H and O–H groups in total. The molecule has 0 saturated carbocycles. The van der Waals surface area contributed by atoms with Crippen molar-refractivity contribution in [1.29, 1.82) is 0 Å². The van der Waals surface area contributed by atoms with Gasteiger partial charge in [0.15, 0.2) is 0 Å². The molecular weight excluding hydrogens is 334 g/mol. The number of aromatic nitrogens is 1. The number of pyridine rings is 1. The lowest BCUT2D eigenvalue weighted by Gasteiger charge is -2.26. The van der Waals surface area contributed by atoms with Crippen molar-refractivity contribution >= 4 is 21.9 Å². The zero-order valence-electron chi connectivity index (χ0n) is 14.0. The van der Waals surface area contributed by atoms with E-state index in [0.29, 0.717) is 6.54 Å². The predicted molar refractivity (Wildman–Crippen MR) is 87.7 cm³/mol. The van der Waals surface area contributed by atoms with Crippen molar-refractivity contribution in [2.24, 2.45) is 5.92 Å². The van der Waals surface area contributed by atoms with Gasteiger partial charge in [-0.2, -0.15) is 4.31 Å². The number of nitrogens with zero attached hydrogens (tertiary/aromatic N) is 3. The van der Waals surface area contributed by atoms with Crippen molar-refractivity contribution in [2.75, 3.05) is 26.7 Å². The van der Waals surface area contributed by atoms with Gasteiger partial charge in [-0.15, -0.1) is 0 Å². The molecule has 0 aromatic carbocycles. The Hall–Kier alpha value is -2.00. The normalized spacial score (nSPS) is 11.7. The Labute approximate surface area is 142 Å². The highest BCUT2D eigenvalue weighted by atomic mass is 32.2. The highest BCUT2D eigenvalue weighted by Crippen LogP contribution is 2.13. The molecule has 1 amide bonds. The van der Waals surface area contributed by atoms with Gasteiger partial charge in [0.2, 0.25) is 15.9 Å². The molecule has 24 heavy (non-hydrogen) atoms. The molecule has 1 rings (SSSR count). The maximum atomic E-state index is 12.4. The first kappa shape index (κ1) is 20.0. The fourth-order valence-electron chi connectivity index (χ4n) is 2.04. The summed E-state index contributed by atoms with van der Waals surface area (Å²) in [7, 11) is -2.51. The third kappa shape index (κ3) is 5.89. The molecule has 0 saturated heterocycles. The number of carboxylic acid groups (broad SMARTS) is 1. The van der Waals surface area contributed by atoms with E-state index in [4.69, 9.17) is 5.11 Å². The van der Waals surface area contributed by atoms with Crippen molar-refractivity contribution in [3.63, 3.8) is 0 Å². The molecule has 9 heteroatoms. The summed E-state index contributed by atoms with van der Waals surface area (Å²) in [6.07, 6.45) is 2.49. The molecule has 0 fully saturated rings. The molecule has 1 aromatic rings. The maximum Gasteiger partial charge on any atom is 0.305 e. The second-order valence-corrected chi connectivity index (χ2v) is 7.87. The highest BCUT2D eigenvalue weighted by Gasteiger charge is 2.25. The summed E-state index contributed by atoms with van der Waals surface area (Å²) in [4.78, 5) is 28.3. The van der Waals surface area contributed by atoms with Crippen LogP contribution in [0.15, 0.2) is 29.4 Å². The summed E-state index contributed by atoms with van der Waals surface area (Å²) in [6.45, 7) is 3.86. The van der Waals surface area contributed by atoms with E-state index in [1.807, 2.05) is 13.8 Å². The van der Waals surface area contributed by atoms with Gasteiger partial charge in [0, 0.05) is 32.5 Å². The van der Waals surface area contributed by atoms with E-state index in [1.54, 1.807) is 0 Å². The van der Waals surface area contributed by atoms with E-state index < -0.39 is 21.9 Å². The van der Waals surface area contributed by atoms with Gasteiger partial charge < -0.3 is 10.0 Å².